The zero-order chi connectivity index (χ0) is 11.6. The monoisotopic (exact) mass is 211 g/mol. The molecular formula is C11H21N3O. The molecule has 0 bridgehead atoms. The van der Waals surface area contributed by atoms with E-state index in [1.54, 1.807) is 0 Å². The number of aliphatic hydroxyl groups excluding tert-OH is 1. The third kappa shape index (κ3) is 2.79. The third-order valence-electron chi connectivity index (χ3n) is 2.94. The van der Waals surface area contributed by atoms with Crippen molar-refractivity contribution in [2.45, 2.75) is 32.9 Å². The summed E-state index contributed by atoms with van der Waals surface area (Å²) in [5, 5.41) is 13.6. The highest BCUT2D eigenvalue weighted by atomic mass is 16.3. The van der Waals surface area contributed by atoms with Gasteiger partial charge in [-0.05, 0) is 27.8 Å². The van der Waals surface area contributed by atoms with Crippen LogP contribution in [-0.4, -0.2) is 39.0 Å². The fourth-order valence-electron chi connectivity index (χ4n) is 1.39. The molecule has 1 N–H and O–H groups in total. The van der Waals surface area contributed by atoms with Crippen molar-refractivity contribution in [1.82, 2.24) is 14.7 Å². The lowest BCUT2D eigenvalue weighted by Gasteiger charge is -2.33. The highest BCUT2D eigenvalue weighted by Crippen LogP contribution is 2.16. The molecule has 0 amide bonds. The minimum absolute atomic E-state index is 0.156. The maximum Gasteiger partial charge on any atom is 0.0638 e. The second-order valence-corrected chi connectivity index (χ2v) is 4.74. The molecule has 1 aromatic rings. The molecule has 0 aliphatic carbocycles. The molecule has 15 heavy (non-hydrogen) atoms. The Kier molecular flexibility index (Phi) is 3.52. The molecule has 4 heteroatoms. The predicted molar refractivity (Wildman–Crippen MR) is 60.6 cm³/mol. The van der Waals surface area contributed by atoms with E-state index in [2.05, 4.69) is 10.00 Å². The van der Waals surface area contributed by atoms with Crippen molar-refractivity contribution in [3.63, 3.8) is 0 Å². The van der Waals surface area contributed by atoms with E-state index in [1.165, 1.54) is 5.56 Å². The van der Waals surface area contributed by atoms with Gasteiger partial charge < -0.3 is 5.11 Å². The van der Waals surface area contributed by atoms with Crippen LogP contribution in [0.3, 0.4) is 0 Å². The Morgan fingerprint density at radius 3 is 2.53 bits per heavy atom. The first kappa shape index (κ1) is 12.2. The Balaban J connectivity index is 2.74. The fourth-order valence-corrected chi connectivity index (χ4v) is 1.39. The molecule has 0 aliphatic rings. The van der Waals surface area contributed by atoms with Crippen LogP contribution in [0, 0.1) is 6.92 Å². The van der Waals surface area contributed by atoms with Gasteiger partial charge in [-0.2, -0.15) is 5.10 Å². The normalized spacial score (nSPS) is 12.5. The summed E-state index contributed by atoms with van der Waals surface area (Å²) in [5.41, 5.74) is 2.07. The van der Waals surface area contributed by atoms with Crippen LogP contribution in [0.4, 0.5) is 0 Å². The van der Waals surface area contributed by atoms with Crippen molar-refractivity contribution in [3.8, 4) is 0 Å². The van der Waals surface area contributed by atoms with Crippen molar-refractivity contribution in [2.75, 3.05) is 13.7 Å². The Bertz CT molecular complexity index is 331. The molecule has 0 fully saturated rings. The topological polar surface area (TPSA) is 41.3 Å². The van der Waals surface area contributed by atoms with E-state index in [9.17, 15) is 5.11 Å². The zero-order valence-corrected chi connectivity index (χ0v) is 10.3. The maximum atomic E-state index is 9.25. The van der Waals surface area contributed by atoms with Crippen molar-refractivity contribution >= 4 is 0 Å². The fraction of sp³-hybridized carbons (Fsp3) is 0.727. The molecule has 0 unspecified atom stereocenters. The van der Waals surface area contributed by atoms with Crippen LogP contribution in [0.15, 0.2) is 6.20 Å². The van der Waals surface area contributed by atoms with Gasteiger partial charge in [0.25, 0.3) is 0 Å². The first-order valence-electron chi connectivity index (χ1n) is 5.18. The standard InChI is InChI=1S/C11H21N3O/c1-9-10(7-14(5)12-9)6-13(4)11(2,3)8-15/h7,15H,6,8H2,1-5H3. The van der Waals surface area contributed by atoms with E-state index >= 15 is 0 Å². The summed E-state index contributed by atoms with van der Waals surface area (Å²) in [6.07, 6.45) is 2.03. The zero-order valence-electron chi connectivity index (χ0n) is 10.3. The van der Waals surface area contributed by atoms with E-state index in [1.807, 2.05) is 45.7 Å². The van der Waals surface area contributed by atoms with Crippen molar-refractivity contribution < 1.29 is 5.11 Å². The van der Waals surface area contributed by atoms with Crippen LogP contribution in [0.5, 0.6) is 0 Å². The van der Waals surface area contributed by atoms with Crippen molar-refractivity contribution in [2.24, 2.45) is 7.05 Å². The molecule has 0 aromatic carbocycles. The lowest BCUT2D eigenvalue weighted by molar-refractivity contribution is 0.0732. The minimum atomic E-state index is -0.192. The minimum Gasteiger partial charge on any atom is -0.394 e. The first-order chi connectivity index (χ1) is 6.86. The molecule has 1 rings (SSSR count). The van der Waals surface area contributed by atoms with Gasteiger partial charge in [0.2, 0.25) is 0 Å². The molecule has 86 valence electrons. The number of hydrogen-bond donors (Lipinski definition) is 1. The van der Waals surface area contributed by atoms with Gasteiger partial charge in [0.1, 0.15) is 0 Å². The summed E-state index contributed by atoms with van der Waals surface area (Å²) >= 11 is 0. The largest absolute Gasteiger partial charge is 0.394 e. The summed E-state index contributed by atoms with van der Waals surface area (Å²) in [4.78, 5) is 2.14. The molecule has 0 saturated heterocycles. The van der Waals surface area contributed by atoms with Crippen LogP contribution < -0.4 is 0 Å². The van der Waals surface area contributed by atoms with Gasteiger partial charge in [0.15, 0.2) is 0 Å². The highest BCUT2D eigenvalue weighted by molar-refractivity contribution is 5.15. The van der Waals surface area contributed by atoms with Gasteiger partial charge in [-0.25, -0.2) is 0 Å². The second-order valence-electron chi connectivity index (χ2n) is 4.74. The number of hydrogen-bond acceptors (Lipinski definition) is 3. The number of likely N-dealkylation sites (N-methyl/N-ethyl adjacent to an activating group) is 1. The van der Waals surface area contributed by atoms with Crippen LogP contribution in [0.1, 0.15) is 25.1 Å². The van der Waals surface area contributed by atoms with Gasteiger partial charge in [-0.1, -0.05) is 0 Å². The summed E-state index contributed by atoms with van der Waals surface area (Å²) in [6.45, 7) is 7.03. The average Bonchev–Trinajstić information content (AvgIpc) is 2.45. The van der Waals surface area contributed by atoms with Crippen molar-refractivity contribution in [1.29, 1.82) is 0 Å². The molecule has 0 radical (unpaired) electrons. The Labute approximate surface area is 91.5 Å². The van der Waals surface area contributed by atoms with Crippen LogP contribution in [0.25, 0.3) is 0 Å². The molecule has 0 saturated carbocycles. The molecule has 4 nitrogen and oxygen atoms in total. The van der Waals surface area contributed by atoms with Gasteiger partial charge in [-0.15, -0.1) is 0 Å². The van der Waals surface area contributed by atoms with E-state index in [-0.39, 0.29) is 12.1 Å². The number of aliphatic hydroxyl groups is 1. The first-order valence-corrected chi connectivity index (χ1v) is 5.18. The Morgan fingerprint density at radius 2 is 2.13 bits per heavy atom. The van der Waals surface area contributed by atoms with Crippen LogP contribution in [-0.2, 0) is 13.6 Å². The molecule has 0 atom stereocenters. The average molecular weight is 211 g/mol. The molecule has 1 heterocycles. The number of aromatic nitrogens is 2. The summed E-state index contributed by atoms with van der Waals surface area (Å²) in [5.74, 6) is 0. The Hall–Kier alpha value is -0.870. The second kappa shape index (κ2) is 4.33. The molecule has 0 spiro atoms. The lowest BCUT2D eigenvalue weighted by Crippen LogP contribution is -2.43. The van der Waals surface area contributed by atoms with Crippen LogP contribution in [0.2, 0.25) is 0 Å². The van der Waals surface area contributed by atoms with Gasteiger partial charge in [0.05, 0.1) is 12.3 Å². The summed E-state index contributed by atoms with van der Waals surface area (Å²) in [6, 6.07) is 0. The van der Waals surface area contributed by atoms with E-state index in [4.69, 9.17) is 0 Å². The highest BCUT2D eigenvalue weighted by Gasteiger charge is 2.23. The van der Waals surface area contributed by atoms with Gasteiger partial charge in [-0.3, -0.25) is 9.58 Å². The van der Waals surface area contributed by atoms with Crippen molar-refractivity contribution in [3.05, 3.63) is 17.5 Å². The molecular weight excluding hydrogens is 190 g/mol. The lowest BCUT2D eigenvalue weighted by atomic mass is 10.0. The summed E-state index contributed by atoms with van der Waals surface area (Å²) in [7, 11) is 3.94. The Morgan fingerprint density at radius 1 is 1.53 bits per heavy atom. The van der Waals surface area contributed by atoms with E-state index in [0.717, 1.165) is 12.2 Å². The molecule has 0 aliphatic heterocycles. The van der Waals surface area contributed by atoms with Crippen LogP contribution >= 0.6 is 0 Å². The van der Waals surface area contributed by atoms with Gasteiger partial charge in [0, 0.05) is 30.9 Å². The third-order valence-corrected chi connectivity index (χ3v) is 2.94. The van der Waals surface area contributed by atoms with E-state index in [0.29, 0.717) is 0 Å². The summed E-state index contributed by atoms with van der Waals surface area (Å²) < 4.78 is 1.82. The number of rotatable bonds is 4. The van der Waals surface area contributed by atoms with E-state index < -0.39 is 0 Å². The number of nitrogens with zero attached hydrogens (tertiary/aromatic N) is 3. The number of aryl methyl sites for hydroxylation is 2. The molecule has 1 aromatic heterocycles. The van der Waals surface area contributed by atoms with Gasteiger partial charge >= 0.3 is 0 Å². The maximum absolute atomic E-state index is 9.25. The smallest absolute Gasteiger partial charge is 0.0638 e. The SMILES string of the molecule is Cc1nn(C)cc1CN(C)C(C)(C)CO. The quantitative estimate of drug-likeness (QED) is 0.805. The predicted octanol–water partition coefficient (Wildman–Crippen LogP) is 0.931.